The second kappa shape index (κ2) is 3.34. The van der Waals surface area contributed by atoms with E-state index in [9.17, 15) is 5.11 Å². The fourth-order valence-electron chi connectivity index (χ4n) is 3.53. The summed E-state index contributed by atoms with van der Waals surface area (Å²) < 4.78 is 0.501. The average molecular weight is 242 g/mol. The van der Waals surface area contributed by atoms with Crippen molar-refractivity contribution in [2.24, 2.45) is 5.92 Å². The van der Waals surface area contributed by atoms with Gasteiger partial charge in [-0.1, -0.05) is 38.1 Å². The monoisotopic (exact) mass is 242 g/mol. The van der Waals surface area contributed by atoms with Crippen LogP contribution in [0.3, 0.4) is 0 Å². The molecule has 1 aliphatic heterocycles. The second-order valence-corrected chi connectivity index (χ2v) is 6.02. The third-order valence-electron chi connectivity index (χ3n) is 4.54. The third kappa shape index (κ3) is 1.10. The highest BCUT2D eigenvalue weighted by molar-refractivity contribution is 5.99. The predicted octanol–water partition coefficient (Wildman–Crippen LogP) is 3.22. The highest BCUT2D eigenvalue weighted by atomic mass is 16.3. The lowest BCUT2D eigenvalue weighted by molar-refractivity contribution is -0.113. The van der Waals surface area contributed by atoms with E-state index in [1.807, 2.05) is 6.07 Å². The van der Waals surface area contributed by atoms with Gasteiger partial charge in [0.25, 0.3) is 0 Å². The van der Waals surface area contributed by atoms with Crippen molar-refractivity contribution < 1.29 is 5.11 Å². The lowest BCUT2D eigenvalue weighted by Crippen LogP contribution is -2.58. The lowest BCUT2D eigenvalue weighted by Gasteiger charge is -2.42. The Hall–Kier alpha value is -1.38. The van der Waals surface area contributed by atoms with Crippen LogP contribution < -0.4 is 4.48 Å². The molecule has 0 saturated carbocycles. The molecule has 3 rings (SSSR count). The number of aliphatic hydroxyl groups is 1. The van der Waals surface area contributed by atoms with Gasteiger partial charge in [0.15, 0.2) is 0 Å². The average Bonchev–Trinajstić information content (AvgIpc) is 2.52. The number of hydrogen-bond acceptors (Lipinski definition) is 1. The van der Waals surface area contributed by atoms with Gasteiger partial charge >= 0.3 is 0 Å². The van der Waals surface area contributed by atoms with E-state index in [1.54, 1.807) is 0 Å². The second-order valence-electron chi connectivity index (χ2n) is 6.02. The highest BCUT2D eigenvalue weighted by Gasteiger charge is 2.56. The Morgan fingerprint density at radius 1 is 1.06 bits per heavy atom. The summed E-state index contributed by atoms with van der Waals surface area (Å²) in [6.45, 7) is 4.18. The van der Waals surface area contributed by atoms with Crippen LogP contribution in [-0.4, -0.2) is 19.2 Å². The van der Waals surface area contributed by atoms with E-state index in [2.05, 4.69) is 58.3 Å². The van der Waals surface area contributed by atoms with Gasteiger partial charge in [-0.25, -0.2) is 0 Å². The van der Waals surface area contributed by atoms with Crippen LogP contribution in [0.4, 0.5) is 5.69 Å². The molecule has 0 amide bonds. The minimum absolute atomic E-state index is 0.158. The van der Waals surface area contributed by atoms with Crippen LogP contribution in [0.1, 0.15) is 19.4 Å². The Morgan fingerprint density at radius 3 is 2.28 bits per heavy atom. The van der Waals surface area contributed by atoms with Crippen LogP contribution in [0.25, 0.3) is 10.8 Å². The topological polar surface area (TPSA) is 20.2 Å². The first kappa shape index (κ1) is 11.7. The van der Waals surface area contributed by atoms with Crippen molar-refractivity contribution in [3.8, 4) is 0 Å². The first-order valence-electron chi connectivity index (χ1n) is 6.50. The van der Waals surface area contributed by atoms with Crippen molar-refractivity contribution in [2.75, 3.05) is 14.1 Å². The molecule has 2 nitrogen and oxygen atoms in total. The number of quaternary nitrogens is 1. The molecule has 1 aliphatic rings. The van der Waals surface area contributed by atoms with Gasteiger partial charge in [-0.2, -0.15) is 0 Å². The zero-order valence-electron chi connectivity index (χ0n) is 11.4. The van der Waals surface area contributed by atoms with Crippen LogP contribution in [0.5, 0.6) is 0 Å². The number of hydrogen-bond donors (Lipinski definition) is 1. The van der Waals surface area contributed by atoms with Gasteiger partial charge in [0.2, 0.25) is 5.72 Å². The molecule has 2 heteroatoms. The molecule has 0 bridgehead atoms. The molecule has 0 unspecified atom stereocenters. The fourth-order valence-corrected chi connectivity index (χ4v) is 3.53. The van der Waals surface area contributed by atoms with Crippen LogP contribution in [0.2, 0.25) is 0 Å². The molecular formula is C16H20NO+. The van der Waals surface area contributed by atoms with Crippen molar-refractivity contribution in [3.05, 3.63) is 42.0 Å². The molecule has 0 spiro atoms. The standard InChI is InChI=1S/C16H20NO/c1-11(2)16(18)13-9-5-7-12-8-6-10-14(15(12)13)17(16,3)4/h5-11,18H,1-4H3/q+1/t16-/m0/s1. The van der Waals surface area contributed by atoms with Gasteiger partial charge in [0, 0.05) is 5.92 Å². The Kier molecular flexibility index (Phi) is 2.17. The zero-order valence-corrected chi connectivity index (χ0v) is 11.4. The molecule has 0 aliphatic carbocycles. The first-order chi connectivity index (χ1) is 8.40. The summed E-state index contributed by atoms with van der Waals surface area (Å²) >= 11 is 0. The number of nitrogens with zero attached hydrogens (tertiary/aromatic N) is 1. The van der Waals surface area contributed by atoms with Crippen molar-refractivity contribution >= 4 is 16.5 Å². The SMILES string of the molecule is CC(C)[C@]1(O)c2cccc3cccc(c23)[N+]1(C)C. The van der Waals surface area contributed by atoms with Gasteiger partial charge < -0.3 is 5.11 Å². The fraction of sp³-hybridized carbons (Fsp3) is 0.375. The van der Waals surface area contributed by atoms with Crippen LogP contribution in [0, 0.1) is 5.92 Å². The highest BCUT2D eigenvalue weighted by Crippen LogP contribution is 2.52. The van der Waals surface area contributed by atoms with E-state index in [1.165, 1.54) is 16.5 Å². The van der Waals surface area contributed by atoms with E-state index in [-0.39, 0.29) is 5.92 Å². The lowest BCUT2D eigenvalue weighted by atomic mass is 9.90. The third-order valence-corrected chi connectivity index (χ3v) is 4.54. The summed E-state index contributed by atoms with van der Waals surface area (Å²) in [6, 6.07) is 12.6. The Balaban J connectivity index is 2.48. The Bertz CT molecular complexity index is 625. The van der Waals surface area contributed by atoms with Gasteiger partial charge in [0.1, 0.15) is 5.69 Å². The normalized spacial score (nSPS) is 25.0. The first-order valence-corrected chi connectivity index (χ1v) is 6.50. The van der Waals surface area contributed by atoms with Crippen molar-refractivity contribution in [3.63, 3.8) is 0 Å². The van der Waals surface area contributed by atoms with Gasteiger partial charge in [0.05, 0.1) is 25.0 Å². The van der Waals surface area contributed by atoms with E-state index in [0.717, 1.165) is 5.56 Å². The molecule has 1 heterocycles. The van der Waals surface area contributed by atoms with Crippen LogP contribution in [-0.2, 0) is 5.72 Å². The maximum Gasteiger partial charge on any atom is 0.235 e. The summed E-state index contributed by atoms with van der Waals surface area (Å²) in [4.78, 5) is 0. The molecule has 0 fully saturated rings. The molecule has 1 N–H and O–H groups in total. The molecule has 18 heavy (non-hydrogen) atoms. The molecule has 2 aromatic carbocycles. The zero-order chi connectivity index (χ0) is 13.1. The van der Waals surface area contributed by atoms with Crippen molar-refractivity contribution in [2.45, 2.75) is 19.6 Å². The van der Waals surface area contributed by atoms with Gasteiger partial charge in [-0.3, -0.25) is 4.48 Å². The minimum Gasteiger partial charge on any atom is -0.338 e. The number of rotatable bonds is 1. The van der Waals surface area contributed by atoms with Crippen molar-refractivity contribution in [1.82, 2.24) is 4.48 Å². The van der Waals surface area contributed by atoms with E-state index in [4.69, 9.17) is 0 Å². The predicted molar refractivity (Wildman–Crippen MR) is 76.3 cm³/mol. The van der Waals surface area contributed by atoms with E-state index < -0.39 is 5.72 Å². The minimum atomic E-state index is -0.844. The molecular weight excluding hydrogens is 222 g/mol. The molecule has 2 aromatic rings. The Morgan fingerprint density at radius 2 is 1.67 bits per heavy atom. The summed E-state index contributed by atoms with van der Waals surface area (Å²) in [7, 11) is 4.18. The smallest absolute Gasteiger partial charge is 0.235 e. The van der Waals surface area contributed by atoms with E-state index in [0.29, 0.717) is 4.48 Å². The summed E-state index contributed by atoms with van der Waals surface area (Å²) in [5, 5.41) is 13.7. The summed E-state index contributed by atoms with van der Waals surface area (Å²) in [5.74, 6) is 0.158. The van der Waals surface area contributed by atoms with Crippen LogP contribution >= 0.6 is 0 Å². The van der Waals surface area contributed by atoms with Gasteiger partial charge in [-0.15, -0.1) is 0 Å². The molecule has 0 saturated heterocycles. The molecule has 1 atom stereocenters. The maximum absolute atomic E-state index is 11.3. The summed E-state index contributed by atoms with van der Waals surface area (Å²) in [6.07, 6.45) is 0. The van der Waals surface area contributed by atoms with E-state index >= 15 is 0 Å². The van der Waals surface area contributed by atoms with Crippen molar-refractivity contribution in [1.29, 1.82) is 0 Å². The quantitative estimate of drug-likeness (QED) is 0.761. The molecule has 94 valence electrons. The molecule has 0 aromatic heterocycles. The number of benzene rings is 2. The summed E-state index contributed by atoms with van der Waals surface area (Å²) in [5.41, 5.74) is 1.43. The largest absolute Gasteiger partial charge is 0.338 e. The Labute approximate surface area is 108 Å². The molecule has 0 radical (unpaired) electrons. The maximum atomic E-state index is 11.3. The van der Waals surface area contributed by atoms with Crippen LogP contribution in [0.15, 0.2) is 36.4 Å². The van der Waals surface area contributed by atoms with Gasteiger partial charge in [-0.05, 0) is 17.5 Å².